The maximum absolute atomic E-state index is 12.3. The Morgan fingerprint density at radius 1 is 1.07 bits per heavy atom. The summed E-state index contributed by atoms with van der Waals surface area (Å²) in [6.45, 7) is 13.8. The highest BCUT2D eigenvalue weighted by molar-refractivity contribution is 5.50. The van der Waals surface area contributed by atoms with Gasteiger partial charge in [-0.15, -0.1) is 0 Å². The van der Waals surface area contributed by atoms with E-state index < -0.39 is 0 Å². The first-order valence-electron chi connectivity index (χ1n) is 10.8. The van der Waals surface area contributed by atoms with Gasteiger partial charge in [0.25, 0.3) is 5.56 Å². The summed E-state index contributed by atoms with van der Waals surface area (Å²) in [6, 6.07) is 3.77. The molecule has 2 aliphatic carbocycles. The molecule has 0 spiro atoms. The molecule has 0 amide bonds. The Morgan fingerprint density at radius 3 is 2.54 bits per heavy atom. The van der Waals surface area contributed by atoms with Crippen LogP contribution in [0.4, 0.5) is 0 Å². The van der Waals surface area contributed by atoms with Crippen molar-refractivity contribution in [2.24, 2.45) is 11.8 Å². The fourth-order valence-electron chi connectivity index (χ4n) is 4.19. The van der Waals surface area contributed by atoms with E-state index in [1.54, 1.807) is 10.5 Å². The van der Waals surface area contributed by atoms with Gasteiger partial charge in [0.1, 0.15) is 5.65 Å². The number of hydrogen-bond acceptors (Lipinski definition) is 3. The monoisotopic (exact) mass is 379 g/mol. The molecule has 3 aliphatic rings. The van der Waals surface area contributed by atoms with E-state index in [9.17, 15) is 4.79 Å². The molecule has 0 aromatic carbocycles. The Labute approximate surface area is 168 Å². The first-order chi connectivity index (χ1) is 13.6. The highest BCUT2D eigenvalue weighted by Gasteiger charge is 2.40. The third-order valence-corrected chi connectivity index (χ3v) is 5.46. The van der Waals surface area contributed by atoms with E-state index in [2.05, 4.69) is 28.1 Å². The molecule has 0 bridgehead atoms. The second-order valence-electron chi connectivity index (χ2n) is 7.45. The van der Waals surface area contributed by atoms with Crippen LogP contribution in [0.15, 0.2) is 46.5 Å². The van der Waals surface area contributed by atoms with Gasteiger partial charge in [-0.2, -0.15) is 0 Å². The topological polar surface area (TPSA) is 37.6 Å². The number of aromatic nitrogens is 2. The van der Waals surface area contributed by atoms with Crippen molar-refractivity contribution in [3.05, 3.63) is 68.9 Å². The maximum Gasteiger partial charge on any atom is 0.258 e. The van der Waals surface area contributed by atoms with Crippen molar-refractivity contribution < 1.29 is 0 Å². The van der Waals surface area contributed by atoms with Gasteiger partial charge in [0, 0.05) is 42.3 Å². The van der Waals surface area contributed by atoms with Crippen LogP contribution in [0, 0.1) is 25.7 Å². The molecule has 3 heterocycles. The van der Waals surface area contributed by atoms with E-state index in [1.807, 2.05) is 47.7 Å². The van der Waals surface area contributed by atoms with Gasteiger partial charge in [-0.25, -0.2) is 4.98 Å². The summed E-state index contributed by atoms with van der Waals surface area (Å²) in [4.78, 5) is 19.4. The van der Waals surface area contributed by atoms with Crippen molar-refractivity contribution in [3.63, 3.8) is 0 Å². The standard InChI is InChI=1S/C20H21N3O.2C2H6/c1-12-5-17(20-21-13(2)6-19(24)23(20)10-12)11-22-4-3-14-7-15-8-16(15)9-18(14)22;2*1-2/h5-7,9-10,15-16H,3-4,8,11H2,1-2H3;2*1-2H3. The van der Waals surface area contributed by atoms with Crippen LogP contribution in [0.2, 0.25) is 0 Å². The van der Waals surface area contributed by atoms with Gasteiger partial charge in [0.05, 0.1) is 0 Å². The Balaban J connectivity index is 0.000000531. The minimum atomic E-state index is 0.00200. The number of allylic oxidation sites excluding steroid dienone is 3. The lowest BCUT2D eigenvalue weighted by molar-refractivity contribution is 0.385. The lowest BCUT2D eigenvalue weighted by Gasteiger charge is -2.22. The first-order valence-corrected chi connectivity index (χ1v) is 10.8. The number of hydrogen-bond donors (Lipinski definition) is 0. The number of fused-ring (bicyclic) bond motifs is 3. The summed E-state index contributed by atoms with van der Waals surface area (Å²) in [7, 11) is 0. The first kappa shape index (κ1) is 20.4. The fourth-order valence-corrected chi connectivity index (χ4v) is 4.19. The van der Waals surface area contributed by atoms with Gasteiger partial charge in [-0.3, -0.25) is 9.20 Å². The molecule has 0 radical (unpaired) electrons. The van der Waals surface area contributed by atoms with Gasteiger partial charge in [-0.1, -0.05) is 39.8 Å². The van der Waals surface area contributed by atoms with Crippen LogP contribution in [-0.2, 0) is 6.54 Å². The van der Waals surface area contributed by atoms with Crippen molar-refractivity contribution in [1.82, 2.24) is 14.3 Å². The van der Waals surface area contributed by atoms with Crippen molar-refractivity contribution in [2.75, 3.05) is 6.54 Å². The summed E-state index contributed by atoms with van der Waals surface area (Å²) >= 11 is 0. The van der Waals surface area contributed by atoms with E-state index in [0.717, 1.165) is 53.8 Å². The molecule has 1 aliphatic heterocycles. The predicted molar refractivity (Wildman–Crippen MR) is 116 cm³/mol. The van der Waals surface area contributed by atoms with Crippen LogP contribution in [-0.4, -0.2) is 20.8 Å². The van der Waals surface area contributed by atoms with Crippen molar-refractivity contribution >= 4 is 5.65 Å². The summed E-state index contributed by atoms with van der Waals surface area (Å²) in [5.74, 6) is 1.58. The Morgan fingerprint density at radius 2 is 1.79 bits per heavy atom. The molecule has 150 valence electrons. The summed E-state index contributed by atoms with van der Waals surface area (Å²) in [6.07, 6.45) is 9.31. The maximum atomic E-state index is 12.3. The molecular weight excluding hydrogens is 346 g/mol. The second-order valence-corrected chi connectivity index (χ2v) is 7.45. The molecular formula is C24H33N3O. The van der Waals surface area contributed by atoms with Crippen molar-refractivity contribution in [1.29, 1.82) is 0 Å². The molecule has 1 saturated heterocycles. The van der Waals surface area contributed by atoms with E-state index >= 15 is 0 Å². The van der Waals surface area contributed by atoms with Crippen LogP contribution in [0.5, 0.6) is 0 Å². The summed E-state index contributed by atoms with van der Waals surface area (Å²) in [5, 5.41) is 0. The minimum Gasteiger partial charge on any atom is -0.367 e. The number of aryl methyl sites for hydroxylation is 2. The molecule has 1 saturated carbocycles. The molecule has 2 unspecified atom stereocenters. The van der Waals surface area contributed by atoms with Gasteiger partial charge in [0.2, 0.25) is 0 Å². The lowest BCUT2D eigenvalue weighted by atomic mass is 10.0. The third kappa shape index (κ3) is 3.78. The number of pyridine rings is 1. The zero-order chi connectivity index (χ0) is 20.4. The van der Waals surface area contributed by atoms with Crippen LogP contribution < -0.4 is 5.56 Å². The molecule has 2 fully saturated rings. The molecule has 2 atom stereocenters. The number of nitrogens with zero attached hydrogens (tertiary/aromatic N) is 3. The molecule has 2 aromatic heterocycles. The van der Waals surface area contributed by atoms with Crippen LogP contribution >= 0.6 is 0 Å². The minimum absolute atomic E-state index is 0.00200. The lowest BCUT2D eigenvalue weighted by Crippen LogP contribution is -2.21. The number of rotatable bonds is 2. The Bertz CT molecular complexity index is 983. The van der Waals surface area contributed by atoms with Crippen LogP contribution in [0.1, 0.15) is 57.4 Å². The van der Waals surface area contributed by atoms with Gasteiger partial charge in [0.15, 0.2) is 0 Å². The summed E-state index contributed by atoms with van der Waals surface area (Å²) in [5.41, 5.74) is 6.75. The second kappa shape index (κ2) is 8.34. The van der Waals surface area contributed by atoms with Crippen LogP contribution in [0.3, 0.4) is 0 Å². The average molecular weight is 380 g/mol. The average Bonchev–Trinajstić information content (AvgIpc) is 3.36. The van der Waals surface area contributed by atoms with Gasteiger partial charge >= 0.3 is 0 Å². The zero-order valence-corrected chi connectivity index (χ0v) is 18.1. The van der Waals surface area contributed by atoms with Crippen LogP contribution in [0.25, 0.3) is 5.65 Å². The smallest absolute Gasteiger partial charge is 0.258 e. The van der Waals surface area contributed by atoms with Crippen molar-refractivity contribution in [2.45, 2.75) is 60.9 Å². The van der Waals surface area contributed by atoms with E-state index in [1.165, 1.54) is 17.7 Å². The van der Waals surface area contributed by atoms with Gasteiger partial charge < -0.3 is 4.90 Å². The summed E-state index contributed by atoms with van der Waals surface area (Å²) < 4.78 is 1.69. The van der Waals surface area contributed by atoms with Gasteiger partial charge in [-0.05, 0) is 55.7 Å². The SMILES string of the molecule is CC.CC.Cc1cc(CN2CCC3=CC4CC4C=C32)c2nc(C)cc(=O)n2c1. The van der Waals surface area contributed by atoms with E-state index in [0.29, 0.717) is 0 Å². The quantitative estimate of drug-likeness (QED) is 0.734. The predicted octanol–water partition coefficient (Wildman–Crippen LogP) is 5.03. The number of likely N-dealkylation sites (tertiary alicyclic amines) is 1. The fraction of sp³-hybridized carbons (Fsp3) is 0.500. The molecule has 5 rings (SSSR count). The largest absolute Gasteiger partial charge is 0.367 e. The molecule has 28 heavy (non-hydrogen) atoms. The van der Waals surface area contributed by atoms with E-state index in [-0.39, 0.29) is 5.56 Å². The van der Waals surface area contributed by atoms with Crippen molar-refractivity contribution in [3.8, 4) is 0 Å². The Hall–Kier alpha value is -2.36. The molecule has 0 N–H and O–H groups in total. The molecule has 2 aromatic rings. The third-order valence-electron chi connectivity index (χ3n) is 5.46. The highest BCUT2D eigenvalue weighted by atomic mass is 16.1. The Kier molecular flexibility index (Phi) is 6.07. The zero-order valence-electron chi connectivity index (χ0n) is 18.1. The highest BCUT2D eigenvalue weighted by Crippen LogP contribution is 2.49. The normalized spacial score (nSPS) is 21.4. The molecule has 4 heteroatoms. The molecule has 4 nitrogen and oxygen atoms in total. The van der Waals surface area contributed by atoms with E-state index in [4.69, 9.17) is 0 Å².